The SMILES string of the molecule is CN=C(NCCCCN1CCCC1)NCc1ccnn1C.I. The van der Waals surface area contributed by atoms with Crippen molar-refractivity contribution >= 4 is 29.9 Å². The number of hydrogen-bond donors (Lipinski definition) is 2. The third kappa shape index (κ3) is 6.51. The van der Waals surface area contributed by atoms with Crippen LogP contribution >= 0.6 is 24.0 Å². The van der Waals surface area contributed by atoms with Crippen LogP contribution in [0.25, 0.3) is 0 Å². The average Bonchev–Trinajstić information content (AvgIpc) is 3.14. The van der Waals surface area contributed by atoms with Gasteiger partial charge in [0.15, 0.2) is 5.96 Å². The van der Waals surface area contributed by atoms with E-state index in [4.69, 9.17) is 0 Å². The van der Waals surface area contributed by atoms with Gasteiger partial charge in [0.25, 0.3) is 0 Å². The third-order valence-corrected chi connectivity index (χ3v) is 3.98. The summed E-state index contributed by atoms with van der Waals surface area (Å²) in [4.78, 5) is 6.81. The zero-order valence-corrected chi connectivity index (χ0v) is 16.0. The normalized spacial score (nSPS) is 15.6. The molecule has 22 heavy (non-hydrogen) atoms. The molecule has 0 atom stereocenters. The van der Waals surface area contributed by atoms with Crippen molar-refractivity contribution in [1.82, 2.24) is 25.3 Å². The van der Waals surface area contributed by atoms with Gasteiger partial charge in [0.05, 0.1) is 12.2 Å². The molecule has 1 aliphatic heterocycles. The Balaban J connectivity index is 0.00000242. The van der Waals surface area contributed by atoms with E-state index in [0.717, 1.165) is 24.7 Å². The van der Waals surface area contributed by atoms with Crippen LogP contribution in [0.3, 0.4) is 0 Å². The van der Waals surface area contributed by atoms with Crippen LogP contribution in [-0.2, 0) is 13.6 Å². The summed E-state index contributed by atoms with van der Waals surface area (Å²) in [6, 6.07) is 2.01. The van der Waals surface area contributed by atoms with E-state index >= 15 is 0 Å². The third-order valence-electron chi connectivity index (χ3n) is 3.98. The first kappa shape index (κ1) is 19.2. The van der Waals surface area contributed by atoms with Crippen LogP contribution < -0.4 is 10.6 Å². The van der Waals surface area contributed by atoms with Crippen molar-refractivity contribution in [3.63, 3.8) is 0 Å². The highest BCUT2D eigenvalue weighted by Crippen LogP contribution is 2.07. The van der Waals surface area contributed by atoms with E-state index in [9.17, 15) is 0 Å². The number of halogens is 1. The molecule has 0 aromatic carbocycles. The van der Waals surface area contributed by atoms with Gasteiger partial charge in [-0.2, -0.15) is 5.10 Å². The number of aliphatic imine (C=N–C) groups is 1. The number of guanidine groups is 1. The molecular formula is C15H29IN6. The van der Waals surface area contributed by atoms with E-state index in [-0.39, 0.29) is 24.0 Å². The molecule has 0 unspecified atom stereocenters. The minimum Gasteiger partial charge on any atom is -0.356 e. The van der Waals surface area contributed by atoms with Gasteiger partial charge in [-0.05, 0) is 51.4 Å². The van der Waals surface area contributed by atoms with Gasteiger partial charge >= 0.3 is 0 Å². The molecule has 0 radical (unpaired) electrons. The Morgan fingerprint density at radius 3 is 2.68 bits per heavy atom. The lowest BCUT2D eigenvalue weighted by Crippen LogP contribution is -2.37. The Morgan fingerprint density at radius 1 is 1.27 bits per heavy atom. The summed E-state index contributed by atoms with van der Waals surface area (Å²) >= 11 is 0. The van der Waals surface area contributed by atoms with Gasteiger partial charge in [0.2, 0.25) is 0 Å². The van der Waals surface area contributed by atoms with Crippen molar-refractivity contribution in [2.75, 3.05) is 33.2 Å². The fourth-order valence-electron chi connectivity index (χ4n) is 2.64. The number of rotatable bonds is 7. The quantitative estimate of drug-likeness (QED) is 0.305. The van der Waals surface area contributed by atoms with Gasteiger partial charge in [-0.25, -0.2) is 0 Å². The standard InChI is InChI=1S/C15H28N6.HI/c1-16-15(18-13-14-7-9-19-20(14)2)17-8-3-4-10-21-11-5-6-12-21;/h7,9H,3-6,8,10-13H2,1-2H3,(H2,16,17,18);1H. The number of aryl methyl sites for hydroxylation is 1. The molecule has 0 saturated carbocycles. The second-order valence-electron chi connectivity index (χ2n) is 5.55. The number of nitrogens with zero attached hydrogens (tertiary/aromatic N) is 4. The number of unbranched alkanes of at least 4 members (excludes halogenated alkanes) is 1. The lowest BCUT2D eigenvalue weighted by Gasteiger charge is -2.15. The zero-order chi connectivity index (χ0) is 14.9. The summed E-state index contributed by atoms with van der Waals surface area (Å²) in [5, 5.41) is 10.8. The molecule has 0 bridgehead atoms. The van der Waals surface area contributed by atoms with E-state index < -0.39 is 0 Å². The van der Waals surface area contributed by atoms with Crippen LogP contribution in [0.5, 0.6) is 0 Å². The summed E-state index contributed by atoms with van der Waals surface area (Å²) in [5.74, 6) is 0.859. The van der Waals surface area contributed by atoms with Crippen LogP contribution in [0, 0.1) is 0 Å². The van der Waals surface area contributed by atoms with Crippen LogP contribution in [0.1, 0.15) is 31.4 Å². The molecule has 2 N–H and O–H groups in total. The smallest absolute Gasteiger partial charge is 0.191 e. The predicted octanol–water partition coefficient (Wildman–Crippen LogP) is 1.58. The molecular weight excluding hydrogens is 391 g/mol. The van der Waals surface area contributed by atoms with Crippen molar-refractivity contribution in [3.8, 4) is 0 Å². The van der Waals surface area contributed by atoms with Crippen molar-refractivity contribution in [3.05, 3.63) is 18.0 Å². The summed E-state index contributed by atoms with van der Waals surface area (Å²) in [6.45, 7) is 5.54. The van der Waals surface area contributed by atoms with Crippen molar-refractivity contribution in [1.29, 1.82) is 0 Å². The first-order valence-corrected chi connectivity index (χ1v) is 7.93. The van der Waals surface area contributed by atoms with Gasteiger partial charge < -0.3 is 15.5 Å². The lowest BCUT2D eigenvalue weighted by molar-refractivity contribution is 0.330. The second kappa shape index (κ2) is 10.8. The Hall–Kier alpha value is -0.830. The van der Waals surface area contributed by atoms with Gasteiger partial charge in [-0.3, -0.25) is 9.67 Å². The average molecular weight is 420 g/mol. The highest BCUT2D eigenvalue weighted by atomic mass is 127. The fourth-order valence-corrected chi connectivity index (χ4v) is 2.64. The molecule has 6 nitrogen and oxygen atoms in total. The monoisotopic (exact) mass is 420 g/mol. The maximum atomic E-state index is 4.25. The molecule has 1 saturated heterocycles. The largest absolute Gasteiger partial charge is 0.356 e. The van der Waals surface area contributed by atoms with Crippen molar-refractivity contribution in [2.24, 2.45) is 12.0 Å². The molecule has 0 amide bonds. The first-order chi connectivity index (χ1) is 10.3. The Kier molecular flexibility index (Phi) is 9.45. The molecule has 1 fully saturated rings. The van der Waals surface area contributed by atoms with E-state index in [1.165, 1.54) is 45.3 Å². The van der Waals surface area contributed by atoms with E-state index in [1.807, 2.05) is 31.0 Å². The summed E-state index contributed by atoms with van der Waals surface area (Å²) in [6.07, 6.45) is 7.01. The number of aromatic nitrogens is 2. The molecule has 0 aliphatic carbocycles. The van der Waals surface area contributed by atoms with E-state index in [1.54, 1.807) is 0 Å². The molecule has 126 valence electrons. The molecule has 2 rings (SSSR count). The van der Waals surface area contributed by atoms with Crippen molar-refractivity contribution in [2.45, 2.75) is 32.2 Å². The zero-order valence-electron chi connectivity index (χ0n) is 13.7. The summed E-state index contributed by atoms with van der Waals surface area (Å²) < 4.78 is 1.87. The highest BCUT2D eigenvalue weighted by Gasteiger charge is 2.10. The molecule has 1 aromatic rings. The Bertz CT molecular complexity index is 439. The van der Waals surface area contributed by atoms with Crippen molar-refractivity contribution < 1.29 is 0 Å². The van der Waals surface area contributed by atoms with Gasteiger partial charge in [-0.15, -0.1) is 24.0 Å². The Morgan fingerprint density at radius 2 is 2.05 bits per heavy atom. The number of nitrogens with one attached hydrogen (secondary N) is 2. The maximum absolute atomic E-state index is 4.25. The second-order valence-corrected chi connectivity index (χ2v) is 5.55. The van der Waals surface area contributed by atoms with E-state index in [0.29, 0.717) is 0 Å². The van der Waals surface area contributed by atoms with Gasteiger partial charge in [0, 0.05) is 26.8 Å². The maximum Gasteiger partial charge on any atom is 0.191 e. The Labute approximate surface area is 150 Å². The molecule has 1 aromatic heterocycles. The first-order valence-electron chi connectivity index (χ1n) is 7.93. The minimum absolute atomic E-state index is 0. The van der Waals surface area contributed by atoms with Gasteiger partial charge in [0.1, 0.15) is 0 Å². The topological polar surface area (TPSA) is 57.5 Å². The predicted molar refractivity (Wildman–Crippen MR) is 102 cm³/mol. The molecule has 0 spiro atoms. The van der Waals surface area contributed by atoms with Crippen LogP contribution in [0.2, 0.25) is 0 Å². The summed E-state index contributed by atoms with van der Waals surface area (Å²) in [7, 11) is 3.76. The fraction of sp³-hybridized carbons (Fsp3) is 0.733. The van der Waals surface area contributed by atoms with Crippen LogP contribution in [0.15, 0.2) is 17.3 Å². The molecule has 1 aliphatic rings. The lowest BCUT2D eigenvalue weighted by atomic mass is 10.3. The van der Waals surface area contributed by atoms with Crippen LogP contribution in [0.4, 0.5) is 0 Å². The number of likely N-dealkylation sites (tertiary alicyclic amines) is 1. The highest BCUT2D eigenvalue weighted by molar-refractivity contribution is 14.0. The van der Waals surface area contributed by atoms with Gasteiger partial charge in [-0.1, -0.05) is 0 Å². The number of hydrogen-bond acceptors (Lipinski definition) is 3. The molecule has 7 heteroatoms. The minimum atomic E-state index is 0. The molecule has 2 heterocycles. The van der Waals surface area contributed by atoms with E-state index in [2.05, 4.69) is 25.6 Å². The summed E-state index contributed by atoms with van der Waals surface area (Å²) in [5.41, 5.74) is 1.15. The van der Waals surface area contributed by atoms with Crippen LogP contribution in [-0.4, -0.2) is 53.9 Å².